The Kier molecular flexibility index (Phi) is 2.92. The number of nitrogens with two attached hydrogens (primary N) is 1. The SMILES string of the molecule is Cc1ccc(N)c(N2CCCC3(C2)OCCO3)c1. The Hall–Kier alpha value is -1.26. The number of anilines is 2. The van der Waals surface area contributed by atoms with Crippen LogP contribution in [0, 0.1) is 6.92 Å². The van der Waals surface area contributed by atoms with Gasteiger partial charge >= 0.3 is 0 Å². The molecule has 1 aromatic rings. The van der Waals surface area contributed by atoms with E-state index < -0.39 is 5.79 Å². The van der Waals surface area contributed by atoms with Crippen molar-refractivity contribution in [1.82, 2.24) is 0 Å². The van der Waals surface area contributed by atoms with Gasteiger partial charge in [-0.15, -0.1) is 0 Å². The lowest BCUT2D eigenvalue weighted by Crippen LogP contribution is -2.49. The number of nitrogens with zero attached hydrogens (tertiary/aromatic N) is 1. The van der Waals surface area contributed by atoms with Crippen LogP contribution in [0.3, 0.4) is 0 Å². The van der Waals surface area contributed by atoms with E-state index in [0.29, 0.717) is 13.2 Å². The molecule has 98 valence electrons. The maximum Gasteiger partial charge on any atom is 0.186 e. The molecule has 2 aliphatic heterocycles. The van der Waals surface area contributed by atoms with Crippen molar-refractivity contribution in [2.45, 2.75) is 25.6 Å². The predicted molar refractivity (Wildman–Crippen MR) is 71.7 cm³/mol. The number of rotatable bonds is 1. The van der Waals surface area contributed by atoms with Crippen molar-refractivity contribution in [2.75, 3.05) is 36.9 Å². The van der Waals surface area contributed by atoms with Crippen LogP contribution in [0.1, 0.15) is 18.4 Å². The Morgan fingerprint density at radius 1 is 1.28 bits per heavy atom. The van der Waals surface area contributed by atoms with Crippen LogP contribution in [-0.4, -0.2) is 32.1 Å². The lowest BCUT2D eigenvalue weighted by molar-refractivity contribution is -0.161. The number of benzene rings is 1. The van der Waals surface area contributed by atoms with Crippen LogP contribution in [0.5, 0.6) is 0 Å². The summed E-state index contributed by atoms with van der Waals surface area (Å²) in [7, 11) is 0. The Bertz CT molecular complexity index is 441. The first kappa shape index (κ1) is 11.8. The second kappa shape index (κ2) is 4.44. The van der Waals surface area contributed by atoms with Gasteiger partial charge < -0.3 is 20.1 Å². The van der Waals surface area contributed by atoms with E-state index in [0.717, 1.165) is 37.3 Å². The van der Waals surface area contributed by atoms with Gasteiger partial charge in [0.1, 0.15) is 0 Å². The highest BCUT2D eigenvalue weighted by atomic mass is 16.7. The molecule has 4 heteroatoms. The molecule has 1 aromatic carbocycles. The molecule has 2 saturated heterocycles. The summed E-state index contributed by atoms with van der Waals surface area (Å²) in [5.41, 5.74) is 9.25. The van der Waals surface area contributed by atoms with Gasteiger partial charge in [-0.05, 0) is 31.0 Å². The van der Waals surface area contributed by atoms with Crippen molar-refractivity contribution in [3.63, 3.8) is 0 Å². The summed E-state index contributed by atoms with van der Waals surface area (Å²) in [6.07, 6.45) is 2.06. The minimum atomic E-state index is -0.394. The Labute approximate surface area is 108 Å². The third-order valence-electron chi connectivity index (χ3n) is 3.76. The van der Waals surface area contributed by atoms with Gasteiger partial charge in [0, 0.05) is 13.0 Å². The van der Waals surface area contributed by atoms with Crippen LogP contribution in [0.4, 0.5) is 11.4 Å². The summed E-state index contributed by atoms with van der Waals surface area (Å²) in [5.74, 6) is -0.394. The molecule has 18 heavy (non-hydrogen) atoms. The minimum Gasteiger partial charge on any atom is -0.397 e. The Morgan fingerprint density at radius 3 is 2.83 bits per heavy atom. The number of hydrogen-bond acceptors (Lipinski definition) is 4. The summed E-state index contributed by atoms with van der Waals surface area (Å²) in [5, 5.41) is 0. The first-order chi connectivity index (χ1) is 8.69. The van der Waals surface area contributed by atoms with Crippen molar-refractivity contribution < 1.29 is 9.47 Å². The fraction of sp³-hybridized carbons (Fsp3) is 0.571. The quantitative estimate of drug-likeness (QED) is 0.771. The maximum atomic E-state index is 6.08. The third-order valence-corrected chi connectivity index (χ3v) is 3.76. The van der Waals surface area contributed by atoms with Gasteiger partial charge in [0.05, 0.1) is 31.1 Å². The van der Waals surface area contributed by atoms with Gasteiger partial charge in [-0.2, -0.15) is 0 Å². The van der Waals surface area contributed by atoms with E-state index in [2.05, 4.69) is 17.9 Å². The van der Waals surface area contributed by atoms with Crippen molar-refractivity contribution in [3.05, 3.63) is 23.8 Å². The zero-order valence-corrected chi connectivity index (χ0v) is 10.8. The van der Waals surface area contributed by atoms with Crippen LogP contribution >= 0.6 is 0 Å². The lowest BCUT2D eigenvalue weighted by atomic mass is 10.0. The number of nitrogen functional groups attached to an aromatic ring is 1. The maximum absolute atomic E-state index is 6.08. The zero-order valence-electron chi connectivity index (χ0n) is 10.8. The van der Waals surface area contributed by atoms with Gasteiger partial charge in [-0.1, -0.05) is 6.07 Å². The normalized spacial score (nSPS) is 22.6. The van der Waals surface area contributed by atoms with Gasteiger partial charge in [-0.3, -0.25) is 0 Å². The molecule has 0 unspecified atom stereocenters. The molecule has 0 aliphatic carbocycles. The molecular weight excluding hydrogens is 228 g/mol. The zero-order chi connectivity index (χ0) is 12.6. The number of piperidine rings is 1. The Morgan fingerprint density at radius 2 is 2.06 bits per heavy atom. The van der Waals surface area contributed by atoms with E-state index in [1.54, 1.807) is 0 Å². The fourth-order valence-electron chi connectivity index (χ4n) is 2.85. The van der Waals surface area contributed by atoms with Gasteiger partial charge in [0.25, 0.3) is 0 Å². The van der Waals surface area contributed by atoms with Gasteiger partial charge in [0.2, 0.25) is 0 Å². The molecule has 0 amide bonds. The molecule has 1 spiro atoms. The minimum absolute atomic E-state index is 0.394. The summed E-state index contributed by atoms with van der Waals surface area (Å²) in [4.78, 5) is 2.29. The molecule has 0 atom stereocenters. The monoisotopic (exact) mass is 248 g/mol. The molecule has 0 aromatic heterocycles. The predicted octanol–water partition coefficient (Wildman–Crippen LogP) is 1.92. The summed E-state index contributed by atoms with van der Waals surface area (Å²) >= 11 is 0. The fourth-order valence-corrected chi connectivity index (χ4v) is 2.85. The molecule has 0 saturated carbocycles. The van der Waals surface area contributed by atoms with E-state index in [9.17, 15) is 0 Å². The highest BCUT2D eigenvalue weighted by molar-refractivity contribution is 5.68. The van der Waals surface area contributed by atoms with Crippen molar-refractivity contribution in [2.24, 2.45) is 0 Å². The van der Waals surface area contributed by atoms with E-state index in [1.165, 1.54) is 5.56 Å². The number of ether oxygens (including phenoxy) is 2. The van der Waals surface area contributed by atoms with Crippen LogP contribution in [0.15, 0.2) is 18.2 Å². The molecule has 3 rings (SSSR count). The first-order valence-corrected chi connectivity index (χ1v) is 6.58. The van der Waals surface area contributed by atoms with Crippen LogP contribution in [-0.2, 0) is 9.47 Å². The second-order valence-corrected chi connectivity index (χ2v) is 5.19. The average Bonchev–Trinajstić information content (AvgIpc) is 2.80. The molecule has 2 N–H and O–H groups in total. The topological polar surface area (TPSA) is 47.7 Å². The molecule has 4 nitrogen and oxygen atoms in total. The summed E-state index contributed by atoms with van der Waals surface area (Å²) in [6, 6.07) is 6.16. The van der Waals surface area contributed by atoms with Crippen molar-refractivity contribution in [3.8, 4) is 0 Å². The lowest BCUT2D eigenvalue weighted by Gasteiger charge is -2.40. The van der Waals surface area contributed by atoms with Gasteiger partial charge in [0.15, 0.2) is 5.79 Å². The number of hydrogen-bond donors (Lipinski definition) is 1. The summed E-state index contributed by atoms with van der Waals surface area (Å²) < 4.78 is 11.6. The molecule has 0 radical (unpaired) electrons. The van der Waals surface area contributed by atoms with E-state index in [-0.39, 0.29) is 0 Å². The molecular formula is C14H20N2O2. The molecule has 2 fully saturated rings. The molecule has 2 aliphatic rings. The largest absolute Gasteiger partial charge is 0.397 e. The number of aryl methyl sites for hydroxylation is 1. The highest BCUT2D eigenvalue weighted by Crippen LogP contribution is 2.34. The standard InChI is InChI=1S/C14H20N2O2/c1-11-3-4-12(15)13(9-11)16-6-2-5-14(10-16)17-7-8-18-14/h3-4,9H,2,5-8,10,15H2,1H3. The van der Waals surface area contributed by atoms with Crippen LogP contribution in [0.25, 0.3) is 0 Å². The Balaban J connectivity index is 1.85. The van der Waals surface area contributed by atoms with Crippen LogP contribution in [0.2, 0.25) is 0 Å². The average molecular weight is 248 g/mol. The summed E-state index contributed by atoms with van der Waals surface area (Å²) in [6.45, 7) is 5.29. The second-order valence-electron chi connectivity index (χ2n) is 5.19. The van der Waals surface area contributed by atoms with Crippen molar-refractivity contribution in [1.29, 1.82) is 0 Å². The van der Waals surface area contributed by atoms with Gasteiger partial charge in [-0.25, -0.2) is 0 Å². The molecule has 0 bridgehead atoms. The first-order valence-electron chi connectivity index (χ1n) is 6.58. The van der Waals surface area contributed by atoms with Crippen LogP contribution < -0.4 is 10.6 Å². The highest BCUT2D eigenvalue weighted by Gasteiger charge is 2.41. The van der Waals surface area contributed by atoms with E-state index in [4.69, 9.17) is 15.2 Å². The third kappa shape index (κ3) is 2.06. The smallest absolute Gasteiger partial charge is 0.186 e. The molecule has 2 heterocycles. The van der Waals surface area contributed by atoms with Crippen molar-refractivity contribution >= 4 is 11.4 Å². The van der Waals surface area contributed by atoms with E-state index >= 15 is 0 Å². The van der Waals surface area contributed by atoms with E-state index in [1.807, 2.05) is 12.1 Å².